The summed E-state index contributed by atoms with van der Waals surface area (Å²) in [6.45, 7) is 1.87. The van der Waals surface area contributed by atoms with Crippen LogP contribution in [0.5, 0.6) is 5.75 Å². The highest BCUT2D eigenvalue weighted by molar-refractivity contribution is 7.21. The van der Waals surface area contributed by atoms with E-state index in [1.54, 1.807) is 26.2 Å². The zero-order valence-electron chi connectivity index (χ0n) is 22.8. The average molecular weight is 579 g/mol. The summed E-state index contributed by atoms with van der Waals surface area (Å²) < 4.78 is 21.0. The van der Waals surface area contributed by atoms with Crippen LogP contribution in [0.3, 0.4) is 0 Å². The van der Waals surface area contributed by atoms with Gasteiger partial charge in [-0.1, -0.05) is 48.0 Å². The number of methoxy groups -OCH3 is 1. The minimum Gasteiger partial charge on any atom is -0.496 e. The van der Waals surface area contributed by atoms with Gasteiger partial charge in [-0.25, -0.2) is 4.39 Å². The Morgan fingerprint density at radius 1 is 1.05 bits per heavy atom. The molecule has 1 fully saturated rings. The Kier molecular flexibility index (Phi) is 8.54. The molecule has 1 heterocycles. The minimum atomic E-state index is -0.427. The first-order valence-corrected chi connectivity index (χ1v) is 14.6. The molecule has 4 aromatic rings. The summed E-state index contributed by atoms with van der Waals surface area (Å²) in [4.78, 5) is 28.2. The molecule has 0 spiro atoms. The largest absolute Gasteiger partial charge is 0.496 e. The topological polar surface area (TPSA) is 58.6 Å². The smallest absolute Gasteiger partial charge is 0.266 e. The van der Waals surface area contributed by atoms with Crippen LogP contribution in [-0.4, -0.2) is 42.8 Å². The minimum absolute atomic E-state index is 0.00596. The molecule has 1 aliphatic rings. The summed E-state index contributed by atoms with van der Waals surface area (Å²) in [7, 11) is 3.59. The molecule has 5 rings (SSSR count). The molecule has 1 N–H and O–H groups in total. The highest BCUT2D eigenvalue weighted by Gasteiger charge is 2.32. The number of Topliss-reactive ketones (excluding diaryl/α,β-unsaturated/α-hetero) is 1. The number of nitrogens with zero attached hydrogens (tertiary/aromatic N) is 1. The molecule has 3 aromatic carbocycles. The average Bonchev–Trinajstić information content (AvgIpc) is 3.32. The van der Waals surface area contributed by atoms with Crippen molar-refractivity contribution in [1.82, 2.24) is 10.2 Å². The first-order chi connectivity index (χ1) is 19.3. The molecule has 40 heavy (non-hydrogen) atoms. The molecule has 5 nitrogen and oxygen atoms in total. The number of amides is 1. The molecule has 0 unspecified atom stereocenters. The molecular formula is C32H32ClFN2O3S. The number of thiophene rings is 1. The van der Waals surface area contributed by atoms with Gasteiger partial charge in [0, 0.05) is 39.8 Å². The van der Waals surface area contributed by atoms with Crippen LogP contribution in [0.15, 0.2) is 60.7 Å². The summed E-state index contributed by atoms with van der Waals surface area (Å²) >= 11 is 7.89. The molecule has 8 heteroatoms. The Balaban J connectivity index is 1.53. The maximum atomic E-state index is 14.6. The zero-order chi connectivity index (χ0) is 28.4. The van der Waals surface area contributed by atoms with Gasteiger partial charge in [-0.3, -0.25) is 9.59 Å². The summed E-state index contributed by atoms with van der Waals surface area (Å²) in [5, 5.41) is 3.82. The van der Waals surface area contributed by atoms with Crippen LogP contribution in [0.25, 0.3) is 21.2 Å². The summed E-state index contributed by atoms with van der Waals surface area (Å²) in [6.07, 6.45) is 3.62. The van der Waals surface area contributed by atoms with Crippen molar-refractivity contribution in [3.05, 3.63) is 87.5 Å². The highest BCUT2D eigenvalue weighted by atomic mass is 35.5. The van der Waals surface area contributed by atoms with E-state index in [1.807, 2.05) is 54.4 Å². The molecule has 1 aliphatic carbocycles. The van der Waals surface area contributed by atoms with E-state index in [9.17, 15) is 14.0 Å². The van der Waals surface area contributed by atoms with E-state index in [4.69, 9.17) is 16.3 Å². The second-order valence-electron chi connectivity index (χ2n) is 10.2. The second kappa shape index (κ2) is 12.1. The van der Waals surface area contributed by atoms with Gasteiger partial charge in [0.1, 0.15) is 16.4 Å². The lowest BCUT2D eigenvalue weighted by Gasteiger charge is -2.37. The quantitative estimate of drug-likeness (QED) is 0.217. The number of halogens is 2. The van der Waals surface area contributed by atoms with Crippen LogP contribution in [0, 0.1) is 5.82 Å². The van der Waals surface area contributed by atoms with Gasteiger partial charge in [0.15, 0.2) is 5.78 Å². The molecule has 0 saturated heterocycles. The third-order valence-electron chi connectivity index (χ3n) is 7.85. The second-order valence-corrected chi connectivity index (χ2v) is 11.7. The van der Waals surface area contributed by atoms with Gasteiger partial charge in [-0.15, -0.1) is 11.3 Å². The fourth-order valence-electron chi connectivity index (χ4n) is 5.54. The number of hydrogen-bond acceptors (Lipinski definition) is 5. The van der Waals surface area contributed by atoms with Gasteiger partial charge in [0.2, 0.25) is 0 Å². The fourth-order valence-corrected chi connectivity index (χ4v) is 7.05. The van der Waals surface area contributed by atoms with Crippen molar-refractivity contribution in [3.63, 3.8) is 0 Å². The summed E-state index contributed by atoms with van der Waals surface area (Å²) in [5.74, 6) is 0.0732. The highest BCUT2D eigenvalue weighted by Crippen LogP contribution is 2.39. The van der Waals surface area contributed by atoms with Crippen molar-refractivity contribution in [2.45, 2.75) is 51.2 Å². The van der Waals surface area contributed by atoms with Gasteiger partial charge in [-0.05, 0) is 75.0 Å². The van der Waals surface area contributed by atoms with Crippen molar-refractivity contribution >= 4 is 44.7 Å². The molecule has 1 amide bonds. The normalized spacial score (nSPS) is 17.1. The fraction of sp³-hybridized carbons (Fsp3) is 0.312. The van der Waals surface area contributed by atoms with E-state index in [2.05, 4.69) is 5.32 Å². The number of benzene rings is 3. The van der Waals surface area contributed by atoms with Crippen molar-refractivity contribution in [2.75, 3.05) is 14.2 Å². The van der Waals surface area contributed by atoms with Gasteiger partial charge in [-0.2, -0.15) is 0 Å². The Hall–Kier alpha value is -3.26. The number of fused-ring (bicyclic) bond motifs is 1. The Morgan fingerprint density at radius 3 is 2.38 bits per heavy atom. The van der Waals surface area contributed by atoms with Gasteiger partial charge in [0.25, 0.3) is 5.91 Å². The van der Waals surface area contributed by atoms with Crippen LogP contribution in [0.4, 0.5) is 4.39 Å². The van der Waals surface area contributed by atoms with Crippen LogP contribution >= 0.6 is 22.9 Å². The van der Waals surface area contributed by atoms with Crippen LogP contribution in [0.1, 0.15) is 58.2 Å². The van der Waals surface area contributed by atoms with Crippen molar-refractivity contribution < 1.29 is 18.7 Å². The number of ketones is 1. The lowest BCUT2D eigenvalue weighted by molar-refractivity contribution is 0.0604. The molecule has 1 aromatic heterocycles. The van der Waals surface area contributed by atoms with Gasteiger partial charge < -0.3 is 15.0 Å². The predicted molar refractivity (Wildman–Crippen MR) is 160 cm³/mol. The van der Waals surface area contributed by atoms with Crippen LogP contribution < -0.4 is 10.1 Å². The van der Waals surface area contributed by atoms with E-state index < -0.39 is 5.82 Å². The Bertz CT molecular complexity index is 1540. The van der Waals surface area contributed by atoms with Crippen molar-refractivity contribution in [2.24, 2.45) is 0 Å². The number of rotatable bonds is 8. The standard InChI is InChI=1S/C32H32ClFN2O3S/c1-19(37)20-7-9-21(10-8-20)22-11-16-27(39-3)23(17-22)18-36(25-14-12-24(35-2)13-15-25)32(38)31-30(33)29-26(34)5-4-6-28(29)40-31/h4-11,16-17,24-25,35H,12-15,18H2,1-3H3. The SMILES string of the molecule is CNC1CCC(N(Cc2cc(-c3ccc(C(C)=O)cc3)ccc2OC)C(=O)c2sc3cccc(F)c3c2Cl)CC1. The Morgan fingerprint density at radius 2 is 1.75 bits per heavy atom. The molecule has 1 saturated carbocycles. The summed E-state index contributed by atoms with van der Waals surface area (Å²) in [6, 6.07) is 18.6. The number of ether oxygens (including phenoxy) is 1. The monoisotopic (exact) mass is 578 g/mol. The van der Waals surface area contributed by atoms with E-state index in [-0.39, 0.29) is 22.8 Å². The number of nitrogens with one attached hydrogen (secondary N) is 1. The molecular weight excluding hydrogens is 547 g/mol. The first kappa shape index (κ1) is 28.3. The molecule has 0 radical (unpaired) electrons. The van der Waals surface area contributed by atoms with Gasteiger partial charge >= 0.3 is 0 Å². The number of carbonyl (C=O) groups excluding carboxylic acids is 2. The zero-order valence-corrected chi connectivity index (χ0v) is 24.4. The van der Waals surface area contributed by atoms with E-state index >= 15 is 0 Å². The third-order valence-corrected chi connectivity index (χ3v) is 9.49. The lowest BCUT2D eigenvalue weighted by Crippen LogP contribution is -2.44. The molecule has 0 bridgehead atoms. The lowest BCUT2D eigenvalue weighted by atomic mass is 9.89. The van der Waals surface area contributed by atoms with Crippen LogP contribution in [0.2, 0.25) is 5.02 Å². The van der Waals surface area contributed by atoms with E-state index in [0.717, 1.165) is 42.4 Å². The maximum absolute atomic E-state index is 14.6. The maximum Gasteiger partial charge on any atom is 0.266 e. The first-order valence-electron chi connectivity index (χ1n) is 13.4. The molecule has 0 aliphatic heterocycles. The van der Waals surface area contributed by atoms with Crippen LogP contribution in [-0.2, 0) is 6.54 Å². The van der Waals surface area contributed by atoms with Crippen molar-refractivity contribution in [1.29, 1.82) is 0 Å². The number of carbonyl (C=O) groups is 2. The predicted octanol–water partition coefficient (Wildman–Crippen LogP) is 7.75. The molecule has 208 valence electrons. The third kappa shape index (κ3) is 5.64. The number of hydrogen-bond donors (Lipinski definition) is 1. The molecule has 0 atom stereocenters. The Labute approximate surface area is 242 Å². The summed E-state index contributed by atoms with van der Waals surface area (Å²) in [5.41, 5.74) is 3.44. The van der Waals surface area contributed by atoms with Crippen molar-refractivity contribution in [3.8, 4) is 16.9 Å². The van der Waals surface area contributed by atoms with E-state index in [0.29, 0.717) is 38.9 Å². The van der Waals surface area contributed by atoms with Gasteiger partial charge in [0.05, 0.1) is 12.1 Å². The van der Waals surface area contributed by atoms with E-state index in [1.165, 1.54) is 17.4 Å².